The van der Waals surface area contributed by atoms with E-state index in [-0.39, 0.29) is 22.3 Å². The van der Waals surface area contributed by atoms with Crippen LogP contribution in [-0.4, -0.2) is 81.9 Å². The molecule has 1 heterocycles. The molecule has 1 fully saturated rings. The van der Waals surface area contributed by atoms with Gasteiger partial charge in [-0.05, 0) is 48.7 Å². The zero-order valence-corrected chi connectivity index (χ0v) is 20.6. The maximum Gasteiger partial charge on any atom is 0.264 e. The fourth-order valence-corrected chi connectivity index (χ4v) is 4.81. The van der Waals surface area contributed by atoms with Crippen LogP contribution >= 0.6 is 0 Å². The molecule has 1 aliphatic heterocycles. The number of aryl methyl sites for hydroxylation is 1. The highest BCUT2D eigenvalue weighted by Crippen LogP contribution is 2.18. The monoisotopic (exact) mass is 489 g/mol. The lowest BCUT2D eigenvalue weighted by Gasteiger charge is -2.22. The highest BCUT2D eigenvalue weighted by atomic mass is 32.2. The van der Waals surface area contributed by atoms with Gasteiger partial charge in [-0.3, -0.25) is 14.4 Å². The normalized spacial score (nSPS) is 14.7. The molecule has 1 aliphatic rings. The molecule has 2 aromatic rings. The summed E-state index contributed by atoms with van der Waals surface area (Å²) in [5, 5.41) is 0. The number of nitrogens with zero attached hydrogens (tertiary/aromatic N) is 3. The summed E-state index contributed by atoms with van der Waals surface area (Å²) >= 11 is 0. The topological polar surface area (TPSA) is 96.5 Å². The van der Waals surface area contributed by atoms with Crippen molar-refractivity contribution >= 4 is 21.8 Å². The lowest BCUT2D eigenvalue weighted by molar-refractivity contribution is -0.131. The largest absolute Gasteiger partial charge is 0.497 e. The van der Waals surface area contributed by atoms with Crippen LogP contribution in [0, 0.1) is 0 Å². The van der Waals surface area contributed by atoms with Gasteiger partial charge in [0.15, 0.2) is 0 Å². The summed E-state index contributed by atoms with van der Waals surface area (Å²) in [6.07, 6.45) is 1.69. The summed E-state index contributed by atoms with van der Waals surface area (Å²) in [4.78, 5) is 34.1. The molecule has 0 saturated carbocycles. The van der Waals surface area contributed by atoms with E-state index in [2.05, 4.69) is 0 Å². The highest BCUT2D eigenvalue weighted by molar-refractivity contribution is 7.89. The molecule has 0 atom stereocenters. The molecule has 0 radical (unpaired) electrons. The van der Waals surface area contributed by atoms with Gasteiger partial charge in [-0.25, -0.2) is 8.42 Å². The molecule has 184 valence electrons. The summed E-state index contributed by atoms with van der Waals surface area (Å²) in [6.45, 7) is 1.91. The maximum atomic E-state index is 13.1. The van der Waals surface area contributed by atoms with Crippen LogP contribution in [0.5, 0.6) is 5.75 Å². The van der Waals surface area contributed by atoms with E-state index in [4.69, 9.17) is 9.57 Å². The summed E-state index contributed by atoms with van der Waals surface area (Å²) in [5.74, 6) is 0.576. The molecule has 0 unspecified atom stereocenters. The van der Waals surface area contributed by atoms with E-state index in [0.29, 0.717) is 45.4 Å². The third-order valence-electron chi connectivity index (χ3n) is 5.90. The van der Waals surface area contributed by atoms with Crippen LogP contribution in [0.25, 0.3) is 0 Å². The third kappa shape index (κ3) is 6.13. The number of rotatable bonds is 8. The zero-order chi connectivity index (χ0) is 24.7. The molecule has 0 aliphatic carbocycles. The van der Waals surface area contributed by atoms with Gasteiger partial charge < -0.3 is 14.5 Å². The van der Waals surface area contributed by atoms with Gasteiger partial charge in [0.05, 0.1) is 19.1 Å². The van der Waals surface area contributed by atoms with E-state index in [9.17, 15) is 18.0 Å². The Morgan fingerprint density at radius 3 is 2.32 bits per heavy atom. The van der Waals surface area contributed by atoms with Crippen molar-refractivity contribution in [3.8, 4) is 5.75 Å². The van der Waals surface area contributed by atoms with E-state index < -0.39 is 10.0 Å². The number of hydrogen-bond acceptors (Lipinski definition) is 6. The summed E-state index contributed by atoms with van der Waals surface area (Å²) in [5.41, 5.74) is 1.35. The molecule has 0 bridgehead atoms. The molecule has 2 amide bonds. The molecular weight excluding hydrogens is 458 g/mol. The number of amides is 2. The van der Waals surface area contributed by atoms with E-state index in [0.717, 1.165) is 15.8 Å². The third-order valence-corrected chi connectivity index (χ3v) is 7.57. The van der Waals surface area contributed by atoms with Crippen molar-refractivity contribution in [3.63, 3.8) is 0 Å². The Hall–Kier alpha value is -2.95. The van der Waals surface area contributed by atoms with Gasteiger partial charge in [-0.15, -0.1) is 0 Å². The number of hydroxylamine groups is 1. The van der Waals surface area contributed by atoms with Crippen LogP contribution in [-0.2, 0) is 26.1 Å². The van der Waals surface area contributed by atoms with Crippen LogP contribution in [0.1, 0.15) is 28.8 Å². The molecule has 3 rings (SSSR count). The maximum absolute atomic E-state index is 13.1. The second-order valence-corrected chi connectivity index (χ2v) is 9.94. The number of methoxy groups -OCH3 is 1. The SMILES string of the molecule is COc1ccc(CCC(=O)N2CCCN(C(=O)c3cccc(S(=O)(=O)N(C)OC)c3)CC2)cc1. The van der Waals surface area contributed by atoms with Crippen molar-refractivity contribution in [1.29, 1.82) is 0 Å². The lowest BCUT2D eigenvalue weighted by atomic mass is 10.1. The molecule has 1 saturated heterocycles. The Kier molecular flexibility index (Phi) is 8.65. The molecule has 34 heavy (non-hydrogen) atoms. The minimum absolute atomic E-state index is 0.0205. The quantitative estimate of drug-likeness (QED) is 0.528. The Morgan fingerprint density at radius 2 is 1.65 bits per heavy atom. The van der Waals surface area contributed by atoms with Crippen molar-refractivity contribution in [2.75, 3.05) is 47.4 Å². The first-order valence-electron chi connectivity index (χ1n) is 11.1. The van der Waals surface area contributed by atoms with Gasteiger partial charge in [0.25, 0.3) is 15.9 Å². The average Bonchev–Trinajstić information content (AvgIpc) is 3.13. The number of carbonyl (C=O) groups is 2. The van der Waals surface area contributed by atoms with E-state index in [1.807, 2.05) is 24.3 Å². The Labute approximate surface area is 200 Å². The van der Waals surface area contributed by atoms with Crippen LogP contribution in [0.4, 0.5) is 0 Å². The van der Waals surface area contributed by atoms with E-state index >= 15 is 0 Å². The first kappa shape index (κ1) is 25.7. The van der Waals surface area contributed by atoms with Crippen molar-refractivity contribution in [2.24, 2.45) is 0 Å². The fraction of sp³-hybridized carbons (Fsp3) is 0.417. The van der Waals surface area contributed by atoms with E-state index in [1.165, 1.54) is 32.4 Å². The smallest absolute Gasteiger partial charge is 0.264 e. The van der Waals surface area contributed by atoms with Crippen molar-refractivity contribution in [3.05, 3.63) is 59.7 Å². The lowest BCUT2D eigenvalue weighted by Crippen LogP contribution is -2.37. The highest BCUT2D eigenvalue weighted by Gasteiger charge is 2.25. The molecule has 0 spiro atoms. The standard InChI is InChI=1S/C24H31N3O6S/c1-25(33-3)34(30,31)22-7-4-6-20(18-22)24(29)27-15-5-14-26(16-17-27)23(28)13-10-19-8-11-21(32-2)12-9-19/h4,6-9,11-12,18H,5,10,13-17H2,1-3H3. The number of benzene rings is 2. The van der Waals surface area contributed by atoms with Crippen LogP contribution < -0.4 is 4.74 Å². The Balaban J connectivity index is 1.59. The van der Waals surface area contributed by atoms with Crippen molar-refractivity contribution in [2.45, 2.75) is 24.2 Å². The van der Waals surface area contributed by atoms with Crippen LogP contribution in [0.2, 0.25) is 0 Å². The van der Waals surface area contributed by atoms with Crippen molar-refractivity contribution < 1.29 is 27.6 Å². The molecule has 2 aromatic carbocycles. The summed E-state index contributed by atoms with van der Waals surface area (Å²) < 4.78 is 30.9. The average molecular weight is 490 g/mol. The van der Waals surface area contributed by atoms with Gasteiger partial charge in [0.1, 0.15) is 5.75 Å². The number of ether oxygens (including phenoxy) is 1. The molecule has 0 aromatic heterocycles. The Bertz CT molecular complexity index is 1100. The second kappa shape index (κ2) is 11.5. The van der Waals surface area contributed by atoms with Crippen LogP contribution in [0.15, 0.2) is 53.4 Å². The minimum atomic E-state index is -3.86. The van der Waals surface area contributed by atoms with E-state index in [1.54, 1.807) is 23.0 Å². The molecule has 9 nitrogen and oxygen atoms in total. The predicted molar refractivity (Wildman–Crippen MR) is 127 cm³/mol. The number of carbonyl (C=O) groups excluding carboxylic acids is 2. The number of sulfonamides is 1. The van der Waals surface area contributed by atoms with Gasteiger partial charge in [0, 0.05) is 45.2 Å². The zero-order valence-electron chi connectivity index (χ0n) is 19.8. The summed E-state index contributed by atoms with van der Waals surface area (Å²) in [6, 6.07) is 13.6. The first-order valence-corrected chi connectivity index (χ1v) is 12.5. The van der Waals surface area contributed by atoms with Gasteiger partial charge >= 0.3 is 0 Å². The fourth-order valence-electron chi connectivity index (χ4n) is 3.79. The van der Waals surface area contributed by atoms with Gasteiger partial charge in [0.2, 0.25) is 5.91 Å². The summed E-state index contributed by atoms with van der Waals surface area (Å²) in [7, 11) is 0.308. The number of hydrogen-bond donors (Lipinski definition) is 0. The Morgan fingerprint density at radius 1 is 0.971 bits per heavy atom. The molecule has 10 heteroatoms. The van der Waals surface area contributed by atoms with Gasteiger partial charge in [-0.2, -0.15) is 0 Å². The minimum Gasteiger partial charge on any atom is -0.497 e. The molecule has 0 N–H and O–H groups in total. The second-order valence-electron chi connectivity index (χ2n) is 8.00. The predicted octanol–water partition coefficient (Wildman–Crippen LogP) is 2.18. The molecular formula is C24H31N3O6S. The van der Waals surface area contributed by atoms with Crippen LogP contribution in [0.3, 0.4) is 0 Å². The van der Waals surface area contributed by atoms with Gasteiger partial charge in [-0.1, -0.05) is 22.7 Å². The van der Waals surface area contributed by atoms with Crippen molar-refractivity contribution in [1.82, 2.24) is 14.3 Å². The first-order chi connectivity index (χ1) is 16.3.